The molecule has 1 heterocycles. The molecule has 0 spiro atoms. The van der Waals surface area contributed by atoms with Gasteiger partial charge in [-0.3, -0.25) is 0 Å². The molecule has 28 heavy (non-hydrogen) atoms. The number of ether oxygens (including phenoxy) is 2. The Kier molecular flexibility index (Phi) is 9.37. The van der Waals surface area contributed by atoms with E-state index < -0.39 is 6.09 Å². The Morgan fingerprint density at radius 1 is 1.18 bits per heavy atom. The van der Waals surface area contributed by atoms with E-state index in [1.54, 1.807) is 17.1 Å². The van der Waals surface area contributed by atoms with Crippen LogP contribution in [0.4, 0.5) is 9.59 Å². The van der Waals surface area contributed by atoms with Crippen LogP contribution in [0.2, 0.25) is 0 Å². The lowest BCUT2D eigenvalue weighted by atomic mass is 9.86. The third-order valence-electron chi connectivity index (χ3n) is 5.18. The van der Waals surface area contributed by atoms with Gasteiger partial charge in [-0.25, -0.2) is 9.59 Å². The Balaban J connectivity index is 1.60. The van der Waals surface area contributed by atoms with Crippen molar-refractivity contribution in [3.05, 3.63) is 23.8 Å². The van der Waals surface area contributed by atoms with Crippen molar-refractivity contribution < 1.29 is 24.3 Å². The second-order valence-corrected chi connectivity index (χ2v) is 7.20. The maximum atomic E-state index is 12.0. The summed E-state index contributed by atoms with van der Waals surface area (Å²) in [6.45, 7) is 4.06. The van der Waals surface area contributed by atoms with Gasteiger partial charge in [0.15, 0.2) is 0 Å². The van der Waals surface area contributed by atoms with E-state index >= 15 is 0 Å². The highest BCUT2D eigenvalue weighted by atomic mass is 16.6. The van der Waals surface area contributed by atoms with Crippen molar-refractivity contribution in [2.45, 2.75) is 51.5 Å². The largest absolute Gasteiger partial charge is 0.449 e. The SMILES string of the molecule is C\C=C(/C=C\C=N\O)COC(=O)NC1CCC(COC(=O)N2CCCC2)CC1. The monoisotopic (exact) mass is 393 g/mol. The van der Waals surface area contributed by atoms with Crippen molar-refractivity contribution in [2.24, 2.45) is 11.1 Å². The maximum absolute atomic E-state index is 12.0. The van der Waals surface area contributed by atoms with Crippen molar-refractivity contribution in [1.82, 2.24) is 10.2 Å². The molecule has 8 nitrogen and oxygen atoms in total. The van der Waals surface area contributed by atoms with E-state index in [-0.39, 0.29) is 18.7 Å². The van der Waals surface area contributed by atoms with Crippen LogP contribution in [0.3, 0.4) is 0 Å². The first kappa shape index (κ1) is 21.8. The van der Waals surface area contributed by atoms with Gasteiger partial charge in [-0.15, -0.1) is 0 Å². The molecule has 8 heteroatoms. The Hall–Kier alpha value is -2.51. The lowest BCUT2D eigenvalue weighted by Gasteiger charge is -2.29. The predicted molar refractivity (Wildman–Crippen MR) is 106 cm³/mol. The van der Waals surface area contributed by atoms with Crippen LogP contribution in [0.1, 0.15) is 45.4 Å². The van der Waals surface area contributed by atoms with Gasteiger partial charge in [0.25, 0.3) is 0 Å². The highest BCUT2D eigenvalue weighted by Crippen LogP contribution is 2.25. The summed E-state index contributed by atoms with van der Waals surface area (Å²) in [4.78, 5) is 25.7. The average molecular weight is 393 g/mol. The van der Waals surface area contributed by atoms with Crippen molar-refractivity contribution in [2.75, 3.05) is 26.3 Å². The number of rotatable bonds is 7. The van der Waals surface area contributed by atoms with Gasteiger partial charge in [0.2, 0.25) is 0 Å². The fraction of sp³-hybridized carbons (Fsp3) is 0.650. The summed E-state index contributed by atoms with van der Waals surface area (Å²) in [5, 5.41) is 14.1. The molecule has 0 aromatic rings. The van der Waals surface area contributed by atoms with Gasteiger partial charge in [0, 0.05) is 19.1 Å². The van der Waals surface area contributed by atoms with Crippen LogP contribution in [0.25, 0.3) is 0 Å². The molecule has 0 aromatic heterocycles. The molecule has 0 unspecified atom stereocenters. The summed E-state index contributed by atoms with van der Waals surface area (Å²) in [5.41, 5.74) is 0.804. The standard InChI is InChI=1S/C20H31N3O5/c1-2-16(6-5-11-21-26)14-27-19(24)22-18-9-7-17(8-10-18)15-28-20(25)23-12-3-4-13-23/h2,5-6,11,17-18,26H,3-4,7-10,12-15H2,1H3,(H,22,24)/b6-5-,16-2+,21-11+. The number of carbonyl (C=O) groups is 2. The van der Waals surface area contributed by atoms with Crippen molar-refractivity contribution >= 4 is 18.4 Å². The molecule has 1 saturated heterocycles. The first-order valence-electron chi connectivity index (χ1n) is 9.96. The van der Waals surface area contributed by atoms with E-state index in [4.69, 9.17) is 14.7 Å². The maximum Gasteiger partial charge on any atom is 0.409 e. The first-order chi connectivity index (χ1) is 13.6. The summed E-state index contributed by atoms with van der Waals surface area (Å²) in [5.74, 6) is 0.355. The Morgan fingerprint density at radius 2 is 1.89 bits per heavy atom. The Bertz CT molecular complexity index is 589. The van der Waals surface area contributed by atoms with Crippen LogP contribution in [0.15, 0.2) is 29.0 Å². The molecule has 156 valence electrons. The third kappa shape index (κ3) is 7.62. The minimum atomic E-state index is -0.438. The smallest absolute Gasteiger partial charge is 0.409 e. The normalized spacial score (nSPS) is 23.3. The molecule has 2 aliphatic rings. The molecule has 1 saturated carbocycles. The molecule has 2 fully saturated rings. The molecule has 1 aliphatic heterocycles. The van der Waals surface area contributed by atoms with Gasteiger partial charge in [-0.05, 0) is 63.0 Å². The number of carbonyl (C=O) groups excluding carboxylic acids is 2. The minimum absolute atomic E-state index is 0.0872. The molecule has 0 atom stereocenters. The molecule has 1 aliphatic carbocycles. The number of amides is 2. The number of alkyl carbamates (subject to hydrolysis) is 1. The van der Waals surface area contributed by atoms with Crippen LogP contribution >= 0.6 is 0 Å². The van der Waals surface area contributed by atoms with Crippen molar-refractivity contribution in [1.29, 1.82) is 0 Å². The number of likely N-dealkylation sites (tertiary alicyclic amines) is 1. The van der Waals surface area contributed by atoms with E-state index in [1.807, 2.05) is 13.0 Å². The number of nitrogens with zero attached hydrogens (tertiary/aromatic N) is 2. The Labute approximate surface area is 166 Å². The number of nitrogens with one attached hydrogen (secondary N) is 1. The molecular formula is C20H31N3O5. The van der Waals surface area contributed by atoms with E-state index in [0.29, 0.717) is 12.5 Å². The van der Waals surface area contributed by atoms with E-state index in [0.717, 1.165) is 57.2 Å². The van der Waals surface area contributed by atoms with Crippen LogP contribution in [0, 0.1) is 5.92 Å². The molecule has 0 aromatic carbocycles. The van der Waals surface area contributed by atoms with E-state index in [2.05, 4.69) is 10.5 Å². The summed E-state index contributed by atoms with van der Waals surface area (Å²) >= 11 is 0. The lowest BCUT2D eigenvalue weighted by Crippen LogP contribution is -2.39. The second-order valence-electron chi connectivity index (χ2n) is 7.20. The average Bonchev–Trinajstić information content (AvgIpc) is 3.25. The summed E-state index contributed by atoms with van der Waals surface area (Å²) in [6.07, 6.45) is 11.4. The predicted octanol–water partition coefficient (Wildman–Crippen LogP) is 3.47. The highest BCUT2D eigenvalue weighted by molar-refractivity contribution is 5.71. The van der Waals surface area contributed by atoms with Crippen LogP contribution in [-0.2, 0) is 9.47 Å². The second kappa shape index (κ2) is 12.0. The van der Waals surface area contributed by atoms with Crippen LogP contribution < -0.4 is 5.32 Å². The molecular weight excluding hydrogens is 362 g/mol. The number of allylic oxidation sites excluding steroid dienone is 2. The zero-order valence-corrected chi connectivity index (χ0v) is 16.5. The van der Waals surface area contributed by atoms with Crippen LogP contribution in [-0.4, -0.2) is 60.9 Å². The van der Waals surface area contributed by atoms with Crippen LogP contribution in [0.5, 0.6) is 0 Å². The van der Waals surface area contributed by atoms with Gasteiger partial charge in [-0.2, -0.15) is 0 Å². The lowest BCUT2D eigenvalue weighted by molar-refractivity contribution is 0.0836. The van der Waals surface area contributed by atoms with Crippen molar-refractivity contribution in [3.8, 4) is 0 Å². The molecule has 2 N–H and O–H groups in total. The highest BCUT2D eigenvalue weighted by Gasteiger charge is 2.25. The van der Waals surface area contributed by atoms with Gasteiger partial charge in [-0.1, -0.05) is 17.3 Å². The molecule has 2 rings (SSSR count). The third-order valence-corrected chi connectivity index (χ3v) is 5.18. The summed E-state index contributed by atoms with van der Waals surface area (Å²) in [7, 11) is 0. The van der Waals surface area contributed by atoms with E-state index in [1.165, 1.54) is 6.21 Å². The zero-order valence-electron chi connectivity index (χ0n) is 16.5. The molecule has 2 amide bonds. The van der Waals surface area contributed by atoms with E-state index in [9.17, 15) is 9.59 Å². The van der Waals surface area contributed by atoms with Gasteiger partial charge in [0.1, 0.15) is 6.61 Å². The summed E-state index contributed by atoms with van der Waals surface area (Å²) in [6, 6.07) is 0.0872. The number of hydrogen-bond acceptors (Lipinski definition) is 6. The van der Waals surface area contributed by atoms with Crippen molar-refractivity contribution in [3.63, 3.8) is 0 Å². The fourth-order valence-electron chi connectivity index (χ4n) is 3.44. The quantitative estimate of drug-likeness (QED) is 0.299. The Morgan fingerprint density at radius 3 is 2.54 bits per heavy atom. The number of hydrogen-bond donors (Lipinski definition) is 2. The number of oxime groups is 1. The fourth-order valence-corrected chi connectivity index (χ4v) is 3.44. The zero-order chi connectivity index (χ0) is 20.2. The topological polar surface area (TPSA) is 100 Å². The summed E-state index contributed by atoms with van der Waals surface area (Å²) < 4.78 is 10.7. The van der Waals surface area contributed by atoms with Gasteiger partial charge in [0.05, 0.1) is 12.8 Å². The van der Waals surface area contributed by atoms with Gasteiger partial charge >= 0.3 is 12.2 Å². The molecule has 0 radical (unpaired) electrons. The first-order valence-corrected chi connectivity index (χ1v) is 9.96. The van der Waals surface area contributed by atoms with Gasteiger partial charge < -0.3 is 24.9 Å². The minimum Gasteiger partial charge on any atom is -0.449 e. The molecule has 0 bridgehead atoms.